The Morgan fingerprint density at radius 1 is 1.29 bits per heavy atom. The van der Waals surface area contributed by atoms with Crippen molar-refractivity contribution < 1.29 is 4.74 Å². The molecule has 0 spiro atoms. The van der Waals surface area contributed by atoms with Crippen molar-refractivity contribution in [2.75, 3.05) is 6.61 Å². The number of rotatable bonds is 7. The highest BCUT2D eigenvalue weighted by molar-refractivity contribution is 5.27. The number of nitrogens with zero attached hydrogens (tertiary/aromatic N) is 2. The van der Waals surface area contributed by atoms with Gasteiger partial charge in [0.1, 0.15) is 5.75 Å². The van der Waals surface area contributed by atoms with Gasteiger partial charge in [-0.25, -0.2) is 0 Å². The molecule has 1 N–H and O–H groups in total. The van der Waals surface area contributed by atoms with E-state index in [2.05, 4.69) is 43.3 Å². The van der Waals surface area contributed by atoms with E-state index in [9.17, 15) is 0 Å². The van der Waals surface area contributed by atoms with Crippen molar-refractivity contribution in [3.63, 3.8) is 0 Å². The minimum atomic E-state index is 0.287. The van der Waals surface area contributed by atoms with Crippen LogP contribution in [0.25, 0.3) is 0 Å². The minimum absolute atomic E-state index is 0.287. The molecule has 0 radical (unpaired) electrons. The first-order valence-electron chi connectivity index (χ1n) is 7.55. The van der Waals surface area contributed by atoms with Gasteiger partial charge in [0.25, 0.3) is 0 Å². The van der Waals surface area contributed by atoms with Gasteiger partial charge in [0.05, 0.1) is 12.8 Å². The van der Waals surface area contributed by atoms with Gasteiger partial charge < -0.3 is 10.1 Å². The highest BCUT2D eigenvalue weighted by Crippen LogP contribution is 2.17. The summed E-state index contributed by atoms with van der Waals surface area (Å²) >= 11 is 0. The lowest BCUT2D eigenvalue weighted by molar-refractivity contribution is 0.317. The lowest BCUT2D eigenvalue weighted by Gasteiger charge is -2.14. The molecule has 114 valence electrons. The first-order chi connectivity index (χ1) is 10.1. The molecule has 1 atom stereocenters. The first-order valence-corrected chi connectivity index (χ1v) is 7.55. The fourth-order valence-corrected chi connectivity index (χ4v) is 2.25. The predicted molar refractivity (Wildman–Crippen MR) is 85.4 cm³/mol. The van der Waals surface area contributed by atoms with Gasteiger partial charge in [-0.15, -0.1) is 0 Å². The van der Waals surface area contributed by atoms with Gasteiger partial charge in [0, 0.05) is 30.9 Å². The molecule has 4 heteroatoms. The van der Waals surface area contributed by atoms with Gasteiger partial charge in [-0.1, -0.05) is 19.1 Å². The van der Waals surface area contributed by atoms with E-state index in [1.165, 1.54) is 16.8 Å². The van der Waals surface area contributed by atoms with E-state index in [1.54, 1.807) is 0 Å². The average Bonchev–Trinajstić information content (AvgIpc) is 2.83. The molecule has 4 nitrogen and oxygen atoms in total. The van der Waals surface area contributed by atoms with E-state index in [0.717, 1.165) is 25.3 Å². The number of hydrogen-bond acceptors (Lipinski definition) is 3. The summed E-state index contributed by atoms with van der Waals surface area (Å²) in [4.78, 5) is 0. The van der Waals surface area contributed by atoms with E-state index in [0.29, 0.717) is 0 Å². The molecule has 0 saturated carbocycles. The van der Waals surface area contributed by atoms with Crippen LogP contribution in [0.4, 0.5) is 0 Å². The van der Waals surface area contributed by atoms with Gasteiger partial charge in [-0.2, -0.15) is 5.10 Å². The Morgan fingerprint density at radius 3 is 2.57 bits per heavy atom. The smallest absolute Gasteiger partial charge is 0.119 e. The zero-order chi connectivity index (χ0) is 15.2. The van der Waals surface area contributed by atoms with Gasteiger partial charge in [-0.3, -0.25) is 4.68 Å². The molecule has 0 amide bonds. The maximum absolute atomic E-state index is 5.59. The van der Waals surface area contributed by atoms with Crippen LogP contribution in [0.2, 0.25) is 0 Å². The topological polar surface area (TPSA) is 39.1 Å². The summed E-state index contributed by atoms with van der Waals surface area (Å²) in [5, 5.41) is 7.83. The van der Waals surface area contributed by atoms with Crippen molar-refractivity contribution in [1.82, 2.24) is 15.1 Å². The number of benzene rings is 1. The van der Waals surface area contributed by atoms with Crippen LogP contribution in [-0.2, 0) is 13.6 Å². The third kappa shape index (κ3) is 4.08. The van der Waals surface area contributed by atoms with Crippen LogP contribution in [0.3, 0.4) is 0 Å². The molecule has 0 aliphatic carbocycles. The van der Waals surface area contributed by atoms with Gasteiger partial charge in [0.15, 0.2) is 0 Å². The van der Waals surface area contributed by atoms with Crippen molar-refractivity contribution in [2.24, 2.45) is 7.05 Å². The lowest BCUT2D eigenvalue weighted by atomic mass is 10.1. The fraction of sp³-hybridized carbons (Fsp3) is 0.471. The molecule has 1 heterocycles. The number of ether oxygens (including phenoxy) is 1. The Bertz CT molecular complexity index is 560. The van der Waals surface area contributed by atoms with Crippen LogP contribution in [0.15, 0.2) is 30.5 Å². The van der Waals surface area contributed by atoms with Crippen LogP contribution >= 0.6 is 0 Å². The number of aryl methyl sites for hydroxylation is 1. The summed E-state index contributed by atoms with van der Waals surface area (Å²) in [7, 11) is 1.97. The van der Waals surface area contributed by atoms with E-state index < -0.39 is 0 Å². The first kappa shape index (κ1) is 15.6. The zero-order valence-corrected chi connectivity index (χ0v) is 13.4. The van der Waals surface area contributed by atoms with Gasteiger partial charge in [0.2, 0.25) is 0 Å². The Hall–Kier alpha value is -1.81. The van der Waals surface area contributed by atoms with Crippen molar-refractivity contribution in [3.8, 4) is 5.75 Å². The molecule has 0 fully saturated rings. The van der Waals surface area contributed by atoms with Gasteiger partial charge >= 0.3 is 0 Å². The highest BCUT2D eigenvalue weighted by Gasteiger charge is 2.11. The molecule has 0 saturated heterocycles. The zero-order valence-electron chi connectivity index (χ0n) is 13.4. The van der Waals surface area contributed by atoms with Crippen LogP contribution in [0.5, 0.6) is 5.75 Å². The van der Waals surface area contributed by atoms with Crippen LogP contribution in [0.1, 0.15) is 43.1 Å². The molecular weight excluding hydrogens is 262 g/mol. The summed E-state index contributed by atoms with van der Waals surface area (Å²) in [6.07, 6.45) is 2.97. The van der Waals surface area contributed by atoms with Crippen molar-refractivity contribution in [3.05, 3.63) is 47.3 Å². The minimum Gasteiger partial charge on any atom is -0.494 e. The van der Waals surface area contributed by atoms with Crippen molar-refractivity contribution in [1.29, 1.82) is 0 Å². The number of hydrogen-bond donors (Lipinski definition) is 1. The Labute approximate surface area is 127 Å². The predicted octanol–water partition coefficient (Wildman–Crippen LogP) is 3.37. The van der Waals surface area contributed by atoms with Crippen LogP contribution in [-0.4, -0.2) is 16.4 Å². The molecule has 0 bridgehead atoms. The Kier molecular flexibility index (Phi) is 5.39. The van der Waals surface area contributed by atoms with E-state index >= 15 is 0 Å². The number of nitrogens with one attached hydrogen (secondary N) is 1. The van der Waals surface area contributed by atoms with E-state index in [4.69, 9.17) is 4.74 Å². The number of aromatic nitrogens is 2. The Morgan fingerprint density at radius 2 is 2.00 bits per heavy atom. The summed E-state index contributed by atoms with van der Waals surface area (Å²) in [5.41, 5.74) is 3.71. The molecule has 0 aliphatic rings. The highest BCUT2D eigenvalue weighted by atomic mass is 16.5. The second-order valence-corrected chi connectivity index (χ2v) is 5.40. The summed E-state index contributed by atoms with van der Waals surface area (Å²) in [6, 6.07) is 8.58. The molecule has 2 rings (SSSR count). The largest absolute Gasteiger partial charge is 0.494 e. The summed E-state index contributed by atoms with van der Waals surface area (Å²) < 4.78 is 7.50. The monoisotopic (exact) mass is 287 g/mol. The SMILES string of the molecule is CCCOc1ccc(CNC(C)c2cnn(C)c2C)cc1. The molecule has 1 unspecified atom stereocenters. The third-order valence-electron chi connectivity index (χ3n) is 3.75. The normalized spacial score (nSPS) is 12.4. The molecule has 21 heavy (non-hydrogen) atoms. The maximum atomic E-state index is 5.59. The second-order valence-electron chi connectivity index (χ2n) is 5.40. The van der Waals surface area contributed by atoms with E-state index in [-0.39, 0.29) is 6.04 Å². The third-order valence-corrected chi connectivity index (χ3v) is 3.75. The molecular formula is C17H25N3O. The maximum Gasteiger partial charge on any atom is 0.119 e. The molecule has 0 aliphatic heterocycles. The molecule has 2 aromatic rings. The fourth-order valence-electron chi connectivity index (χ4n) is 2.25. The molecule has 1 aromatic carbocycles. The van der Waals surface area contributed by atoms with Crippen molar-refractivity contribution in [2.45, 2.75) is 39.8 Å². The van der Waals surface area contributed by atoms with Crippen molar-refractivity contribution >= 4 is 0 Å². The Balaban J connectivity index is 1.89. The average molecular weight is 287 g/mol. The lowest BCUT2D eigenvalue weighted by Crippen LogP contribution is -2.18. The van der Waals surface area contributed by atoms with Crippen LogP contribution in [0, 0.1) is 6.92 Å². The summed E-state index contributed by atoms with van der Waals surface area (Å²) in [5.74, 6) is 0.941. The van der Waals surface area contributed by atoms with Crippen LogP contribution < -0.4 is 10.1 Å². The summed E-state index contributed by atoms with van der Waals surface area (Å²) in [6.45, 7) is 7.99. The van der Waals surface area contributed by atoms with E-state index in [1.807, 2.05) is 30.1 Å². The molecule has 1 aromatic heterocycles. The second kappa shape index (κ2) is 7.27. The standard InChI is InChI=1S/C17H25N3O/c1-5-10-21-16-8-6-15(7-9-16)11-18-13(2)17-12-19-20(4)14(17)3/h6-9,12-13,18H,5,10-11H2,1-4H3. The quantitative estimate of drug-likeness (QED) is 0.848. The van der Waals surface area contributed by atoms with Gasteiger partial charge in [-0.05, 0) is 38.0 Å².